The lowest BCUT2D eigenvalue weighted by atomic mass is 9.58. The molecule has 1 aromatic carbocycles. The smallest absolute Gasteiger partial charge is 0.317 e. The fourth-order valence-corrected chi connectivity index (χ4v) is 5.51. The molecule has 0 bridgehead atoms. The second kappa shape index (κ2) is 8.59. The Morgan fingerprint density at radius 1 is 0.962 bits per heavy atom. The van der Waals surface area contributed by atoms with E-state index in [4.69, 9.17) is 4.74 Å². The maximum atomic E-state index is 13.7. The molecule has 0 N–H and O–H groups in total. The van der Waals surface area contributed by atoms with Gasteiger partial charge < -0.3 is 4.74 Å². The zero-order valence-corrected chi connectivity index (χ0v) is 17.0. The summed E-state index contributed by atoms with van der Waals surface area (Å²) in [5.74, 6) is 0.948. The molecular formula is C24H36O2. The minimum atomic E-state index is -0.426. The summed E-state index contributed by atoms with van der Waals surface area (Å²) in [5.41, 5.74) is 3.41. The molecule has 3 rings (SSSR count). The molecule has 0 aliphatic heterocycles. The van der Waals surface area contributed by atoms with E-state index < -0.39 is 5.41 Å². The molecule has 0 heterocycles. The molecule has 2 fully saturated rings. The average molecular weight is 357 g/mol. The van der Waals surface area contributed by atoms with Crippen LogP contribution in [0.2, 0.25) is 0 Å². The first-order chi connectivity index (χ1) is 12.6. The summed E-state index contributed by atoms with van der Waals surface area (Å²) >= 11 is 0. The van der Waals surface area contributed by atoms with Crippen LogP contribution in [0.15, 0.2) is 18.2 Å². The van der Waals surface area contributed by atoms with Gasteiger partial charge in [0.15, 0.2) is 0 Å². The molecule has 2 heteroatoms. The van der Waals surface area contributed by atoms with E-state index in [1.807, 2.05) is 0 Å². The normalized spacial score (nSPS) is 21.5. The van der Waals surface area contributed by atoms with Crippen molar-refractivity contribution in [1.82, 2.24) is 0 Å². The molecule has 2 saturated carbocycles. The Balaban J connectivity index is 2.11. The highest BCUT2D eigenvalue weighted by Crippen LogP contribution is 2.52. The second-order valence-electron chi connectivity index (χ2n) is 8.62. The number of hydrogen-bond donors (Lipinski definition) is 0. The van der Waals surface area contributed by atoms with Gasteiger partial charge in [-0.3, -0.25) is 4.79 Å². The highest BCUT2D eigenvalue weighted by atomic mass is 16.5. The van der Waals surface area contributed by atoms with Crippen LogP contribution < -0.4 is 0 Å². The maximum absolute atomic E-state index is 13.7. The van der Waals surface area contributed by atoms with E-state index in [1.54, 1.807) is 0 Å². The first-order valence-corrected chi connectivity index (χ1v) is 10.9. The quantitative estimate of drug-likeness (QED) is 0.562. The third-order valence-corrected chi connectivity index (χ3v) is 7.01. The maximum Gasteiger partial charge on any atom is 0.317 e. The van der Waals surface area contributed by atoms with Crippen LogP contribution in [-0.4, -0.2) is 12.6 Å². The lowest BCUT2D eigenvalue weighted by Gasteiger charge is -2.45. The van der Waals surface area contributed by atoms with Crippen LogP contribution in [0.25, 0.3) is 0 Å². The van der Waals surface area contributed by atoms with Crippen LogP contribution >= 0.6 is 0 Å². The predicted octanol–water partition coefficient (Wildman–Crippen LogP) is 6.26. The first-order valence-electron chi connectivity index (χ1n) is 10.9. The lowest BCUT2D eigenvalue weighted by molar-refractivity contribution is -0.157. The summed E-state index contributed by atoms with van der Waals surface area (Å²) in [6, 6.07) is 6.75. The zero-order chi connectivity index (χ0) is 18.6. The lowest BCUT2D eigenvalue weighted by Crippen LogP contribution is -2.50. The van der Waals surface area contributed by atoms with Crippen molar-refractivity contribution >= 4 is 5.97 Å². The van der Waals surface area contributed by atoms with E-state index in [2.05, 4.69) is 39.0 Å². The number of esters is 1. The number of ether oxygens (including phenoxy) is 1. The number of benzene rings is 1. The minimum absolute atomic E-state index is 0.0707. The number of carbonyl (C=O) groups excluding carboxylic acids is 1. The standard InChI is InChI=1S/C24H36O2/c1-4-16-26-23(25)24(21-12-8-9-13-21,20-10-6-5-7-11-20)22-15-14-18(2)19(3)17-22/h14-15,17,20-21H,4-13,16H2,1-3H3/t24-/m1/s1. The third-order valence-electron chi connectivity index (χ3n) is 7.01. The number of rotatable bonds is 6. The van der Waals surface area contributed by atoms with Crippen LogP contribution in [0, 0.1) is 25.7 Å². The Labute approximate surface area is 159 Å². The van der Waals surface area contributed by atoms with E-state index in [0.29, 0.717) is 18.4 Å². The molecule has 0 saturated heterocycles. The molecule has 0 radical (unpaired) electrons. The Morgan fingerprint density at radius 2 is 1.54 bits per heavy atom. The van der Waals surface area contributed by atoms with Gasteiger partial charge in [-0.15, -0.1) is 0 Å². The van der Waals surface area contributed by atoms with E-state index in [0.717, 1.165) is 6.42 Å². The van der Waals surface area contributed by atoms with E-state index in [1.165, 1.54) is 74.5 Å². The van der Waals surface area contributed by atoms with Crippen molar-refractivity contribution in [3.05, 3.63) is 34.9 Å². The molecule has 26 heavy (non-hydrogen) atoms. The molecule has 1 atom stereocenters. The fourth-order valence-electron chi connectivity index (χ4n) is 5.51. The van der Waals surface area contributed by atoms with Crippen molar-refractivity contribution in [1.29, 1.82) is 0 Å². The summed E-state index contributed by atoms with van der Waals surface area (Å²) in [6.07, 6.45) is 11.9. The van der Waals surface area contributed by atoms with Crippen LogP contribution in [0.3, 0.4) is 0 Å². The molecule has 0 amide bonds. The van der Waals surface area contributed by atoms with E-state index in [-0.39, 0.29) is 5.97 Å². The average Bonchev–Trinajstić information content (AvgIpc) is 3.19. The van der Waals surface area contributed by atoms with Crippen LogP contribution in [0.4, 0.5) is 0 Å². The van der Waals surface area contributed by atoms with Gasteiger partial charge in [-0.1, -0.05) is 57.2 Å². The highest BCUT2D eigenvalue weighted by molar-refractivity contribution is 5.84. The van der Waals surface area contributed by atoms with Gasteiger partial charge in [0.25, 0.3) is 0 Å². The monoisotopic (exact) mass is 356 g/mol. The van der Waals surface area contributed by atoms with E-state index >= 15 is 0 Å². The first kappa shape index (κ1) is 19.5. The fraction of sp³-hybridized carbons (Fsp3) is 0.708. The SMILES string of the molecule is CCCOC(=O)[C@](c1ccc(C)c(C)c1)(C1CCCCC1)C1CCCC1. The van der Waals surface area contributed by atoms with Gasteiger partial charge in [0.1, 0.15) is 0 Å². The second-order valence-corrected chi connectivity index (χ2v) is 8.62. The molecule has 0 unspecified atom stereocenters. The van der Waals surface area contributed by atoms with Crippen LogP contribution in [0.5, 0.6) is 0 Å². The van der Waals surface area contributed by atoms with Gasteiger partial charge in [0.05, 0.1) is 12.0 Å². The van der Waals surface area contributed by atoms with Crippen LogP contribution in [0.1, 0.15) is 87.8 Å². The summed E-state index contributed by atoms with van der Waals surface area (Å²) in [4.78, 5) is 13.7. The number of carbonyl (C=O) groups is 1. The van der Waals surface area contributed by atoms with Gasteiger partial charge in [-0.25, -0.2) is 0 Å². The van der Waals surface area contributed by atoms with Gasteiger partial charge in [0.2, 0.25) is 0 Å². The van der Waals surface area contributed by atoms with Crippen molar-refractivity contribution in [2.75, 3.05) is 6.61 Å². The Kier molecular flexibility index (Phi) is 6.42. The molecule has 144 valence electrons. The summed E-state index contributed by atoms with van der Waals surface area (Å²) in [6.45, 7) is 6.97. The van der Waals surface area contributed by atoms with Gasteiger partial charge >= 0.3 is 5.97 Å². The molecular weight excluding hydrogens is 320 g/mol. The predicted molar refractivity (Wildman–Crippen MR) is 107 cm³/mol. The molecule has 2 nitrogen and oxygen atoms in total. The summed E-state index contributed by atoms with van der Waals surface area (Å²) in [7, 11) is 0. The van der Waals surface area contributed by atoms with Gasteiger partial charge in [-0.2, -0.15) is 0 Å². The largest absolute Gasteiger partial charge is 0.465 e. The molecule has 2 aliphatic carbocycles. The Hall–Kier alpha value is -1.31. The summed E-state index contributed by atoms with van der Waals surface area (Å²) < 4.78 is 5.91. The zero-order valence-electron chi connectivity index (χ0n) is 17.0. The highest BCUT2D eigenvalue weighted by Gasteiger charge is 2.54. The third kappa shape index (κ3) is 3.57. The van der Waals surface area contributed by atoms with Crippen molar-refractivity contribution < 1.29 is 9.53 Å². The molecule has 0 spiro atoms. The Bertz CT molecular complexity index is 609. The van der Waals surface area contributed by atoms with E-state index in [9.17, 15) is 4.79 Å². The van der Waals surface area contributed by atoms with Gasteiger partial charge in [-0.05, 0) is 74.5 Å². The topological polar surface area (TPSA) is 26.3 Å². The summed E-state index contributed by atoms with van der Waals surface area (Å²) in [5, 5.41) is 0. The molecule has 0 aromatic heterocycles. The van der Waals surface area contributed by atoms with Crippen molar-refractivity contribution in [3.63, 3.8) is 0 Å². The molecule has 1 aromatic rings. The Morgan fingerprint density at radius 3 is 2.08 bits per heavy atom. The van der Waals surface area contributed by atoms with Crippen molar-refractivity contribution in [2.45, 2.75) is 90.4 Å². The molecule has 2 aliphatic rings. The van der Waals surface area contributed by atoms with Crippen molar-refractivity contribution in [3.8, 4) is 0 Å². The minimum Gasteiger partial charge on any atom is -0.465 e. The van der Waals surface area contributed by atoms with Crippen LogP contribution in [-0.2, 0) is 14.9 Å². The number of aryl methyl sites for hydroxylation is 2. The van der Waals surface area contributed by atoms with Gasteiger partial charge in [0, 0.05) is 0 Å². The van der Waals surface area contributed by atoms with Crippen molar-refractivity contribution in [2.24, 2.45) is 11.8 Å². The number of hydrogen-bond acceptors (Lipinski definition) is 2.